The molecule has 0 saturated carbocycles. The molecule has 0 aliphatic carbocycles. The van der Waals surface area contributed by atoms with Gasteiger partial charge in [0.15, 0.2) is 0 Å². The van der Waals surface area contributed by atoms with Crippen LogP contribution in [0.4, 0.5) is 14.5 Å². The molecular formula is C21H17F2NO2. The van der Waals surface area contributed by atoms with E-state index in [1.165, 1.54) is 18.2 Å². The average Bonchev–Trinajstić information content (AvgIpc) is 2.64. The summed E-state index contributed by atoms with van der Waals surface area (Å²) in [5.41, 5.74) is 2.07. The Morgan fingerprint density at radius 3 is 2.31 bits per heavy atom. The quantitative estimate of drug-likeness (QED) is 0.715. The Labute approximate surface area is 149 Å². The van der Waals surface area contributed by atoms with E-state index in [1.807, 2.05) is 25.1 Å². The number of amides is 1. The first-order chi connectivity index (χ1) is 12.5. The third-order valence-corrected chi connectivity index (χ3v) is 4.06. The Morgan fingerprint density at radius 1 is 0.962 bits per heavy atom. The number of hydrogen-bond acceptors (Lipinski definition) is 2. The Balaban J connectivity index is 1.93. The van der Waals surface area contributed by atoms with Crippen molar-refractivity contribution >= 4 is 11.6 Å². The van der Waals surface area contributed by atoms with E-state index in [9.17, 15) is 18.7 Å². The summed E-state index contributed by atoms with van der Waals surface area (Å²) < 4.78 is 28.9. The molecule has 0 unspecified atom stereocenters. The van der Waals surface area contributed by atoms with Crippen LogP contribution >= 0.6 is 0 Å². The van der Waals surface area contributed by atoms with Crippen LogP contribution in [0.25, 0.3) is 11.1 Å². The lowest BCUT2D eigenvalue weighted by Crippen LogP contribution is -2.16. The van der Waals surface area contributed by atoms with Crippen LogP contribution in [0.15, 0.2) is 60.7 Å². The van der Waals surface area contributed by atoms with Crippen LogP contribution < -0.4 is 5.32 Å². The van der Waals surface area contributed by atoms with E-state index in [0.29, 0.717) is 16.7 Å². The van der Waals surface area contributed by atoms with Crippen LogP contribution in [0.2, 0.25) is 0 Å². The highest BCUT2D eigenvalue weighted by molar-refractivity contribution is 6.05. The maximum Gasteiger partial charge on any atom is 0.256 e. The fraction of sp³-hybridized carbons (Fsp3) is 0.0952. The summed E-state index contributed by atoms with van der Waals surface area (Å²) in [5.74, 6) is -2.41. The normalized spacial score (nSPS) is 10.6. The van der Waals surface area contributed by atoms with Gasteiger partial charge in [-0.15, -0.1) is 0 Å². The van der Waals surface area contributed by atoms with E-state index < -0.39 is 23.2 Å². The number of halogens is 2. The molecule has 2 N–H and O–H groups in total. The van der Waals surface area contributed by atoms with Crippen molar-refractivity contribution in [2.45, 2.75) is 13.5 Å². The zero-order valence-electron chi connectivity index (χ0n) is 14.1. The molecule has 132 valence electrons. The van der Waals surface area contributed by atoms with Gasteiger partial charge in [0.2, 0.25) is 0 Å². The predicted molar refractivity (Wildman–Crippen MR) is 96.8 cm³/mol. The molecule has 26 heavy (non-hydrogen) atoms. The highest BCUT2D eigenvalue weighted by Gasteiger charge is 2.17. The number of hydrogen-bond donors (Lipinski definition) is 2. The second-order valence-corrected chi connectivity index (χ2v) is 5.95. The second-order valence-electron chi connectivity index (χ2n) is 5.95. The van der Waals surface area contributed by atoms with Crippen molar-refractivity contribution in [2.75, 3.05) is 5.32 Å². The molecule has 3 rings (SSSR count). The molecule has 0 aliphatic heterocycles. The van der Waals surface area contributed by atoms with Crippen molar-refractivity contribution in [3.05, 3.63) is 89.0 Å². The zero-order chi connectivity index (χ0) is 18.7. The first-order valence-electron chi connectivity index (χ1n) is 8.06. The number of anilines is 1. The Morgan fingerprint density at radius 2 is 1.65 bits per heavy atom. The molecule has 1 amide bonds. The summed E-state index contributed by atoms with van der Waals surface area (Å²) in [6.07, 6.45) is 0. The van der Waals surface area contributed by atoms with Crippen molar-refractivity contribution in [1.29, 1.82) is 0 Å². The molecule has 0 heterocycles. The van der Waals surface area contributed by atoms with Crippen molar-refractivity contribution in [2.24, 2.45) is 0 Å². The lowest BCUT2D eigenvalue weighted by molar-refractivity contribution is 0.102. The number of carbonyl (C=O) groups excluding carboxylic acids is 1. The van der Waals surface area contributed by atoms with Gasteiger partial charge in [0, 0.05) is 5.56 Å². The summed E-state index contributed by atoms with van der Waals surface area (Å²) in [5, 5.41) is 11.6. The number of carbonyl (C=O) groups is 1. The molecule has 0 aromatic heterocycles. The first-order valence-corrected chi connectivity index (χ1v) is 8.06. The van der Waals surface area contributed by atoms with Crippen LogP contribution in [-0.4, -0.2) is 11.0 Å². The predicted octanol–water partition coefficient (Wildman–Crippen LogP) is 4.68. The average molecular weight is 353 g/mol. The highest BCUT2D eigenvalue weighted by atomic mass is 19.1. The Hall–Kier alpha value is -3.05. The second kappa shape index (κ2) is 7.45. The number of aliphatic hydroxyl groups excluding tert-OH is 1. The van der Waals surface area contributed by atoms with Crippen molar-refractivity contribution < 1.29 is 18.7 Å². The van der Waals surface area contributed by atoms with Gasteiger partial charge < -0.3 is 10.4 Å². The van der Waals surface area contributed by atoms with Crippen LogP contribution in [-0.2, 0) is 6.61 Å². The summed E-state index contributed by atoms with van der Waals surface area (Å²) in [4.78, 5) is 12.3. The van der Waals surface area contributed by atoms with Crippen LogP contribution in [0, 0.1) is 18.6 Å². The van der Waals surface area contributed by atoms with Gasteiger partial charge in [-0.05, 0) is 41.8 Å². The van der Waals surface area contributed by atoms with E-state index >= 15 is 0 Å². The molecule has 0 spiro atoms. The smallest absolute Gasteiger partial charge is 0.256 e. The van der Waals surface area contributed by atoms with Gasteiger partial charge in [-0.25, -0.2) is 8.78 Å². The van der Waals surface area contributed by atoms with Gasteiger partial charge in [-0.3, -0.25) is 4.79 Å². The number of benzene rings is 3. The van der Waals surface area contributed by atoms with Crippen LogP contribution in [0.3, 0.4) is 0 Å². The maximum absolute atomic E-state index is 14.5. The SMILES string of the molecule is Cc1cccc(-c2cc(F)c(NC(=O)c3ccccc3CO)c(F)c2)c1. The highest BCUT2D eigenvalue weighted by Crippen LogP contribution is 2.28. The van der Waals surface area contributed by atoms with Crippen LogP contribution in [0.5, 0.6) is 0 Å². The van der Waals surface area contributed by atoms with Gasteiger partial charge in [0.25, 0.3) is 5.91 Å². The minimum absolute atomic E-state index is 0.163. The summed E-state index contributed by atoms with van der Waals surface area (Å²) >= 11 is 0. The Bertz CT molecular complexity index is 947. The lowest BCUT2D eigenvalue weighted by atomic mass is 10.0. The lowest BCUT2D eigenvalue weighted by Gasteiger charge is -2.12. The summed E-state index contributed by atoms with van der Waals surface area (Å²) in [6.45, 7) is 1.55. The fourth-order valence-corrected chi connectivity index (χ4v) is 2.74. The molecule has 0 saturated heterocycles. The minimum Gasteiger partial charge on any atom is -0.392 e. The van der Waals surface area contributed by atoms with Gasteiger partial charge in [-0.2, -0.15) is 0 Å². The fourth-order valence-electron chi connectivity index (χ4n) is 2.74. The number of aliphatic hydroxyl groups is 1. The largest absolute Gasteiger partial charge is 0.392 e. The van der Waals surface area contributed by atoms with Crippen molar-refractivity contribution in [3.63, 3.8) is 0 Å². The van der Waals surface area contributed by atoms with Gasteiger partial charge in [0.1, 0.15) is 17.3 Å². The van der Waals surface area contributed by atoms with Gasteiger partial charge in [-0.1, -0.05) is 48.0 Å². The first kappa shape index (κ1) is 17.8. The molecule has 0 bridgehead atoms. The van der Waals surface area contributed by atoms with Crippen LogP contribution in [0.1, 0.15) is 21.5 Å². The molecular weight excluding hydrogens is 336 g/mol. The molecule has 0 aliphatic rings. The molecule has 3 nitrogen and oxygen atoms in total. The monoisotopic (exact) mass is 353 g/mol. The van der Waals surface area contributed by atoms with Crippen molar-refractivity contribution in [3.8, 4) is 11.1 Å². The number of nitrogens with one attached hydrogen (secondary N) is 1. The van der Waals surface area contributed by atoms with E-state index in [-0.39, 0.29) is 12.2 Å². The molecule has 0 fully saturated rings. The third-order valence-electron chi connectivity index (χ3n) is 4.06. The topological polar surface area (TPSA) is 49.3 Å². The summed E-state index contributed by atoms with van der Waals surface area (Å²) in [7, 11) is 0. The van der Waals surface area contributed by atoms with E-state index in [0.717, 1.165) is 5.56 Å². The maximum atomic E-state index is 14.5. The Kier molecular flexibility index (Phi) is 5.09. The van der Waals surface area contributed by atoms with Crippen molar-refractivity contribution in [1.82, 2.24) is 0 Å². The standard InChI is InChI=1S/C21H17F2NO2/c1-13-5-4-7-14(9-13)16-10-18(22)20(19(23)11-16)24-21(26)17-8-3-2-6-15(17)12-25/h2-11,25H,12H2,1H3,(H,24,26). The van der Waals surface area contributed by atoms with E-state index in [2.05, 4.69) is 5.32 Å². The van der Waals surface area contributed by atoms with Gasteiger partial charge >= 0.3 is 0 Å². The molecule has 5 heteroatoms. The third kappa shape index (κ3) is 3.63. The molecule has 0 radical (unpaired) electrons. The van der Waals surface area contributed by atoms with E-state index in [4.69, 9.17) is 0 Å². The molecule has 0 atom stereocenters. The zero-order valence-corrected chi connectivity index (χ0v) is 14.1. The number of rotatable bonds is 4. The van der Waals surface area contributed by atoms with E-state index in [1.54, 1.807) is 24.3 Å². The van der Waals surface area contributed by atoms with Gasteiger partial charge in [0.05, 0.1) is 6.61 Å². The summed E-state index contributed by atoms with van der Waals surface area (Å²) in [6, 6.07) is 16.0. The number of aryl methyl sites for hydroxylation is 1. The molecule has 3 aromatic carbocycles. The molecule has 3 aromatic rings. The minimum atomic E-state index is -0.865.